The number of hydrogen-bond donors (Lipinski definition) is 3. The van der Waals surface area contributed by atoms with Gasteiger partial charge in [-0.25, -0.2) is 0 Å². The van der Waals surface area contributed by atoms with Gasteiger partial charge in [-0.15, -0.1) is 0 Å². The number of carbonyl (C=O) groups is 1. The maximum atomic E-state index is 12.2. The first-order chi connectivity index (χ1) is 5.79. The van der Waals surface area contributed by atoms with Crippen molar-refractivity contribution in [3.05, 3.63) is 0 Å². The molecule has 0 bridgehead atoms. The SMILES string of the molecule is O=C(O)C1NCCC1(O)C(F)(F)F. The maximum Gasteiger partial charge on any atom is 0.419 e. The van der Waals surface area contributed by atoms with Crippen molar-refractivity contribution in [3.8, 4) is 0 Å². The Morgan fingerprint density at radius 2 is 2.08 bits per heavy atom. The van der Waals surface area contributed by atoms with Crippen LogP contribution in [-0.4, -0.2) is 40.5 Å². The van der Waals surface area contributed by atoms with Crippen molar-refractivity contribution in [2.75, 3.05) is 6.54 Å². The fourth-order valence-corrected chi connectivity index (χ4v) is 1.32. The molecular formula is C6H8F3NO3. The minimum Gasteiger partial charge on any atom is -0.480 e. The Kier molecular flexibility index (Phi) is 2.25. The van der Waals surface area contributed by atoms with E-state index in [2.05, 4.69) is 5.32 Å². The first-order valence-electron chi connectivity index (χ1n) is 3.54. The molecule has 7 heteroatoms. The molecule has 0 aromatic rings. The topological polar surface area (TPSA) is 69.6 Å². The summed E-state index contributed by atoms with van der Waals surface area (Å²) in [6.07, 6.45) is -5.55. The summed E-state index contributed by atoms with van der Waals surface area (Å²) in [6, 6.07) is -1.97. The van der Waals surface area contributed by atoms with E-state index in [9.17, 15) is 18.0 Å². The van der Waals surface area contributed by atoms with E-state index in [1.54, 1.807) is 0 Å². The molecule has 1 aliphatic heterocycles. The van der Waals surface area contributed by atoms with Crippen molar-refractivity contribution >= 4 is 5.97 Å². The van der Waals surface area contributed by atoms with E-state index in [0.717, 1.165) is 0 Å². The lowest BCUT2D eigenvalue weighted by molar-refractivity contribution is -0.262. The molecule has 2 atom stereocenters. The highest BCUT2D eigenvalue weighted by molar-refractivity contribution is 5.76. The molecule has 0 spiro atoms. The average Bonchev–Trinajstić information content (AvgIpc) is 2.30. The number of hydrogen-bond acceptors (Lipinski definition) is 3. The molecular weight excluding hydrogens is 191 g/mol. The van der Waals surface area contributed by atoms with Crippen LogP contribution in [0.25, 0.3) is 0 Å². The molecule has 0 aromatic heterocycles. The van der Waals surface area contributed by atoms with E-state index in [1.807, 2.05) is 0 Å². The Hall–Kier alpha value is -0.820. The van der Waals surface area contributed by atoms with E-state index in [4.69, 9.17) is 10.2 Å². The normalized spacial score (nSPS) is 34.9. The molecule has 13 heavy (non-hydrogen) atoms. The van der Waals surface area contributed by atoms with Crippen molar-refractivity contribution in [3.63, 3.8) is 0 Å². The summed E-state index contributed by atoms with van der Waals surface area (Å²) in [5.74, 6) is -1.70. The van der Waals surface area contributed by atoms with E-state index < -0.39 is 30.2 Å². The number of halogens is 3. The highest BCUT2D eigenvalue weighted by atomic mass is 19.4. The van der Waals surface area contributed by atoms with E-state index in [-0.39, 0.29) is 6.54 Å². The first-order valence-corrected chi connectivity index (χ1v) is 3.54. The largest absolute Gasteiger partial charge is 0.480 e. The summed E-state index contributed by atoms with van der Waals surface area (Å²) in [6.45, 7) is -0.160. The van der Waals surface area contributed by atoms with Gasteiger partial charge >= 0.3 is 12.1 Å². The molecule has 0 amide bonds. The number of carboxylic acids is 1. The smallest absolute Gasteiger partial charge is 0.419 e. The van der Waals surface area contributed by atoms with Gasteiger partial charge in [0.15, 0.2) is 5.60 Å². The zero-order chi connectivity index (χ0) is 10.3. The summed E-state index contributed by atoms with van der Waals surface area (Å²) < 4.78 is 36.6. The van der Waals surface area contributed by atoms with Crippen molar-refractivity contribution < 1.29 is 28.2 Å². The second-order valence-corrected chi connectivity index (χ2v) is 2.90. The summed E-state index contributed by atoms with van der Waals surface area (Å²) in [7, 11) is 0. The van der Waals surface area contributed by atoms with Gasteiger partial charge in [-0.1, -0.05) is 0 Å². The molecule has 2 unspecified atom stereocenters. The van der Waals surface area contributed by atoms with Crippen LogP contribution in [0.15, 0.2) is 0 Å². The lowest BCUT2D eigenvalue weighted by Crippen LogP contribution is -2.57. The average molecular weight is 199 g/mol. The van der Waals surface area contributed by atoms with Crippen molar-refractivity contribution in [2.24, 2.45) is 0 Å². The standard InChI is InChI=1S/C6H8F3NO3/c7-6(8,9)5(13)1-2-10-3(5)4(11)12/h3,10,13H,1-2H2,(H,11,12). The van der Waals surface area contributed by atoms with Gasteiger partial charge in [0, 0.05) is 0 Å². The maximum absolute atomic E-state index is 12.2. The van der Waals surface area contributed by atoms with Gasteiger partial charge in [-0.3, -0.25) is 4.79 Å². The van der Waals surface area contributed by atoms with E-state index in [0.29, 0.717) is 0 Å². The minimum absolute atomic E-state index is 0.160. The van der Waals surface area contributed by atoms with Gasteiger partial charge in [-0.2, -0.15) is 13.2 Å². The summed E-state index contributed by atoms with van der Waals surface area (Å²) in [4.78, 5) is 10.3. The lowest BCUT2D eigenvalue weighted by atomic mass is 9.94. The Bertz CT molecular complexity index is 230. The Balaban J connectivity index is 2.95. The highest BCUT2D eigenvalue weighted by Gasteiger charge is 2.63. The van der Waals surface area contributed by atoms with Crippen LogP contribution in [0.5, 0.6) is 0 Å². The van der Waals surface area contributed by atoms with Gasteiger partial charge in [0.2, 0.25) is 0 Å². The summed E-state index contributed by atoms with van der Waals surface area (Å²) in [5.41, 5.74) is -3.14. The molecule has 0 aliphatic carbocycles. The van der Waals surface area contributed by atoms with E-state index >= 15 is 0 Å². The third-order valence-corrected chi connectivity index (χ3v) is 2.07. The first kappa shape index (κ1) is 10.3. The molecule has 1 rings (SSSR count). The van der Waals surface area contributed by atoms with Crippen molar-refractivity contribution in [1.29, 1.82) is 0 Å². The van der Waals surface area contributed by atoms with Gasteiger partial charge in [0.05, 0.1) is 0 Å². The van der Waals surface area contributed by atoms with Crippen molar-refractivity contribution in [2.45, 2.75) is 24.2 Å². The van der Waals surface area contributed by atoms with Crippen LogP contribution in [-0.2, 0) is 4.79 Å². The number of carboxylic acid groups (broad SMARTS) is 1. The molecule has 1 saturated heterocycles. The fourth-order valence-electron chi connectivity index (χ4n) is 1.32. The predicted octanol–water partition coefficient (Wildman–Crippen LogP) is -0.274. The molecule has 1 heterocycles. The molecule has 0 radical (unpaired) electrons. The molecule has 76 valence electrons. The molecule has 1 fully saturated rings. The van der Waals surface area contributed by atoms with Crippen LogP contribution in [0, 0.1) is 0 Å². The van der Waals surface area contributed by atoms with Crippen LogP contribution in [0.2, 0.25) is 0 Å². The number of aliphatic carboxylic acids is 1. The van der Waals surface area contributed by atoms with Crippen molar-refractivity contribution in [1.82, 2.24) is 5.32 Å². The number of nitrogens with one attached hydrogen (secondary N) is 1. The Morgan fingerprint density at radius 3 is 2.38 bits per heavy atom. The fraction of sp³-hybridized carbons (Fsp3) is 0.833. The second-order valence-electron chi connectivity index (χ2n) is 2.90. The minimum atomic E-state index is -4.92. The highest BCUT2D eigenvalue weighted by Crippen LogP contribution is 2.38. The molecule has 4 nitrogen and oxygen atoms in total. The summed E-state index contributed by atoms with van der Waals surface area (Å²) in [5, 5.41) is 19.6. The molecule has 0 aromatic carbocycles. The third kappa shape index (κ3) is 1.49. The molecule has 0 saturated carbocycles. The van der Waals surface area contributed by atoms with E-state index in [1.165, 1.54) is 0 Å². The third-order valence-electron chi connectivity index (χ3n) is 2.07. The zero-order valence-electron chi connectivity index (χ0n) is 6.43. The van der Waals surface area contributed by atoms with Crippen LogP contribution >= 0.6 is 0 Å². The Morgan fingerprint density at radius 1 is 1.54 bits per heavy atom. The van der Waals surface area contributed by atoms with Gasteiger partial charge < -0.3 is 15.5 Å². The predicted molar refractivity (Wildman–Crippen MR) is 35.0 cm³/mol. The number of alkyl halides is 3. The van der Waals surface area contributed by atoms with Crippen LogP contribution < -0.4 is 5.32 Å². The summed E-state index contributed by atoms with van der Waals surface area (Å²) >= 11 is 0. The molecule has 3 N–H and O–H groups in total. The lowest BCUT2D eigenvalue weighted by Gasteiger charge is -2.28. The monoisotopic (exact) mass is 199 g/mol. The molecule has 1 aliphatic rings. The second kappa shape index (κ2) is 2.85. The van der Waals surface area contributed by atoms with Crippen LogP contribution in [0.4, 0.5) is 13.2 Å². The van der Waals surface area contributed by atoms with Crippen LogP contribution in [0.1, 0.15) is 6.42 Å². The quantitative estimate of drug-likeness (QED) is 0.543. The van der Waals surface area contributed by atoms with Gasteiger partial charge in [0.1, 0.15) is 6.04 Å². The zero-order valence-corrected chi connectivity index (χ0v) is 6.43. The number of rotatable bonds is 1. The Labute approximate surface area is 71.4 Å². The van der Waals surface area contributed by atoms with Gasteiger partial charge in [0.25, 0.3) is 0 Å². The van der Waals surface area contributed by atoms with Crippen LogP contribution in [0.3, 0.4) is 0 Å². The number of aliphatic hydroxyl groups is 1. The van der Waals surface area contributed by atoms with Gasteiger partial charge in [-0.05, 0) is 13.0 Å².